The number of carbonyl (C=O) groups excluding carboxylic acids is 1. The van der Waals surface area contributed by atoms with Crippen LogP contribution in [0.4, 0.5) is 11.6 Å². The second kappa shape index (κ2) is 8.92. The quantitative estimate of drug-likeness (QED) is 0.561. The Balaban J connectivity index is 1.62. The molecule has 1 atom stereocenters. The van der Waals surface area contributed by atoms with Crippen LogP contribution in [-0.4, -0.2) is 48.8 Å². The highest BCUT2D eigenvalue weighted by Crippen LogP contribution is 2.33. The summed E-state index contributed by atoms with van der Waals surface area (Å²) in [6.45, 7) is 7.55. The molecule has 1 N–H and O–H groups in total. The molecule has 0 spiro atoms. The third-order valence-electron chi connectivity index (χ3n) is 5.51. The Morgan fingerprint density at radius 1 is 1.19 bits per heavy atom. The summed E-state index contributed by atoms with van der Waals surface area (Å²) < 4.78 is 3.72. The molecule has 1 fully saturated rings. The van der Waals surface area contributed by atoms with Gasteiger partial charge in [-0.3, -0.25) is 14.0 Å². The van der Waals surface area contributed by atoms with Crippen molar-refractivity contribution >= 4 is 40.9 Å². The lowest BCUT2D eigenvalue weighted by Gasteiger charge is -2.19. The molecule has 0 saturated carbocycles. The number of benzene rings is 1. The second-order valence-electron chi connectivity index (χ2n) is 7.68. The van der Waals surface area contributed by atoms with E-state index in [0.717, 1.165) is 54.6 Å². The van der Waals surface area contributed by atoms with Gasteiger partial charge in [-0.25, -0.2) is 0 Å². The average Bonchev–Trinajstić information content (AvgIpc) is 3.45. The summed E-state index contributed by atoms with van der Waals surface area (Å²) in [7, 11) is 1.86. The number of nitrogens with one attached hydrogen (secondary N) is 1. The summed E-state index contributed by atoms with van der Waals surface area (Å²) in [6.07, 6.45) is 2.25. The fourth-order valence-electron chi connectivity index (χ4n) is 3.70. The van der Waals surface area contributed by atoms with Crippen molar-refractivity contribution in [2.24, 2.45) is 7.05 Å². The lowest BCUT2D eigenvalue weighted by molar-refractivity contribution is -0.115. The molecule has 0 radical (unpaired) electrons. The average molecular weight is 460 g/mol. The molecule has 10 heteroatoms. The maximum Gasteiger partial charge on any atom is 0.237 e. The zero-order chi connectivity index (χ0) is 22.1. The molecule has 31 heavy (non-hydrogen) atoms. The van der Waals surface area contributed by atoms with E-state index in [2.05, 4.69) is 25.5 Å². The standard InChI is InChI=1S/C21H26ClN7OS/c1-13-18(14(2)27(4)26-13)23-19(30)15(3)31-21-25-24-20(28-11-7-8-12-28)29(21)17-10-6-5-9-16(17)22/h5-6,9-10,15H,7-8,11-12H2,1-4H3,(H,23,30)/t15-/m1/s1. The van der Waals surface area contributed by atoms with Gasteiger partial charge in [0, 0.05) is 20.1 Å². The highest BCUT2D eigenvalue weighted by atomic mass is 35.5. The lowest BCUT2D eigenvalue weighted by Crippen LogP contribution is -2.24. The molecule has 1 aliphatic heterocycles. The number of thioether (sulfide) groups is 1. The third kappa shape index (κ3) is 4.29. The first-order chi connectivity index (χ1) is 14.9. The van der Waals surface area contributed by atoms with Crippen molar-refractivity contribution in [3.05, 3.63) is 40.7 Å². The Morgan fingerprint density at radius 2 is 1.90 bits per heavy atom. The van der Waals surface area contributed by atoms with Crippen LogP contribution >= 0.6 is 23.4 Å². The van der Waals surface area contributed by atoms with E-state index in [1.54, 1.807) is 4.68 Å². The molecule has 1 amide bonds. The molecule has 1 aliphatic rings. The molecule has 3 aromatic rings. The van der Waals surface area contributed by atoms with Crippen LogP contribution in [0.5, 0.6) is 0 Å². The summed E-state index contributed by atoms with van der Waals surface area (Å²) in [5.74, 6) is 0.653. The molecule has 1 aromatic carbocycles. The van der Waals surface area contributed by atoms with Crippen molar-refractivity contribution in [1.29, 1.82) is 0 Å². The Labute approximate surface area is 191 Å². The van der Waals surface area contributed by atoms with E-state index in [4.69, 9.17) is 11.6 Å². The van der Waals surface area contributed by atoms with Crippen molar-refractivity contribution in [1.82, 2.24) is 24.5 Å². The summed E-state index contributed by atoms with van der Waals surface area (Å²) in [5.41, 5.74) is 3.27. The lowest BCUT2D eigenvalue weighted by atomic mass is 10.3. The molecule has 4 rings (SSSR count). The summed E-state index contributed by atoms with van der Waals surface area (Å²) >= 11 is 7.88. The fraction of sp³-hybridized carbons (Fsp3) is 0.429. The number of carbonyl (C=O) groups is 1. The molecule has 0 aliphatic carbocycles. The number of aryl methyl sites for hydroxylation is 2. The third-order valence-corrected chi connectivity index (χ3v) is 6.87. The molecular formula is C21H26ClN7OS. The van der Waals surface area contributed by atoms with Crippen LogP contribution in [0.3, 0.4) is 0 Å². The van der Waals surface area contributed by atoms with Crippen molar-refractivity contribution in [2.75, 3.05) is 23.3 Å². The Morgan fingerprint density at radius 3 is 2.55 bits per heavy atom. The van der Waals surface area contributed by atoms with Crippen molar-refractivity contribution in [3.8, 4) is 5.69 Å². The molecule has 2 aromatic heterocycles. The van der Waals surface area contributed by atoms with E-state index < -0.39 is 5.25 Å². The van der Waals surface area contributed by atoms with Gasteiger partial charge in [0.1, 0.15) is 0 Å². The van der Waals surface area contributed by atoms with Gasteiger partial charge in [-0.05, 0) is 45.7 Å². The van der Waals surface area contributed by atoms with Gasteiger partial charge in [0.05, 0.1) is 33.0 Å². The zero-order valence-corrected chi connectivity index (χ0v) is 19.7. The van der Waals surface area contributed by atoms with Crippen molar-refractivity contribution < 1.29 is 4.79 Å². The predicted molar refractivity (Wildman–Crippen MR) is 124 cm³/mol. The molecule has 164 valence electrons. The first kappa shape index (κ1) is 21.7. The van der Waals surface area contributed by atoms with E-state index in [1.807, 2.05) is 56.7 Å². The fourth-order valence-corrected chi connectivity index (χ4v) is 4.77. The second-order valence-corrected chi connectivity index (χ2v) is 9.40. The van der Waals surface area contributed by atoms with E-state index in [0.29, 0.717) is 10.2 Å². The Kier molecular flexibility index (Phi) is 6.24. The molecule has 8 nitrogen and oxygen atoms in total. The topological polar surface area (TPSA) is 80.9 Å². The van der Waals surface area contributed by atoms with E-state index in [1.165, 1.54) is 11.8 Å². The van der Waals surface area contributed by atoms with Crippen LogP contribution in [0, 0.1) is 13.8 Å². The van der Waals surface area contributed by atoms with Gasteiger partial charge in [0.25, 0.3) is 0 Å². The van der Waals surface area contributed by atoms with Gasteiger partial charge in [-0.2, -0.15) is 5.10 Å². The predicted octanol–water partition coefficient (Wildman–Crippen LogP) is 3.99. The van der Waals surface area contributed by atoms with Gasteiger partial charge in [0.15, 0.2) is 5.16 Å². The maximum atomic E-state index is 12.9. The Hall–Kier alpha value is -2.52. The maximum absolute atomic E-state index is 12.9. The van der Waals surface area contributed by atoms with Crippen molar-refractivity contribution in [3.63, 3.8) is 0 Å². The van der Waals surface area contributed by atoms with Gasteiger partial charge in [-0.15, -0.1) is 10.2 Å². The molecule has 1 saturated heterocycles. The van der Waals surface area contributed by atoms with Crippen LogP contribution in [0.15, 0.2) is 29.4 Å². The number of halogens is 1. The summed E-state index contributed by atoms with van der Waals surface area (Å²) in [5, 5.41) is 17.1. The summed E-state index contributed by atoms with van der Waals surface area (Å²) in [4.78, 5) is 15.2. The highest BCUT2D eigenvalue weighted by Gasteiger charge is 2.26. The number of aromatic nitrogens is 5. The van der Waals surface area contributed by atoms with E-state index >= 15 is 0 Å². The monoisotopic (exact) mass is 459 g/mol. The van der Waals surface area contributed by atoms with Crippen LogP contribution < -0.4 is 10.2 Å². The van der Waals surface area contributed by atoms with Crippen LogP contribution in [0.1, 0.15) is 31.2 Å². The zero-order valence-electron chi connectivity index (χ0n) is 18.1. The van der Waals surface area contributed by atoms with Gasteiger partial charge >= 0.3 is 0 Å². The minimum absolute atomic E-state index is 0.111. The van der Waals surface area contributed by atoms with E-state index in [-0.39, 0.29) is 5.91 Å². The van der Waals surface area contributed by atoms with Crippen LogP contribution in [0.2, 0.25) is 5.02 Å². The summed E-state index contributed by atoms with van der Waals surface area (Å²) in [6, 6.07) is 7.63. The van der Waals surface area contributed by atoms with Gasteiger partial charge < -0.3 is 10.2 Å². The van der Waals surface area contributed by atoms with Gasteiger partial charge in [0.2, 0.25) is 11.9 Å². The number of para-hydroxylation sites is 1. The van der Waals surface area contributed by atoms with E-state index in [9.17, 15) is 4.79 Å². The molecule has 3 heterocycles. The molecular weight excluding hydrogens is 434 g/mol. The molecule has 0 unspecified atom stereocenters. The SMILES string of the molecule is Cc1nn(C)c(C)c1NC(=O)[C@@H](C)Sc1nnc(N2CCCC2)n1-c1ccccc1Cl. The first-order valence-corrected chi connectivity index (χ1v) is 11.6. The van der Waals surface area contributed by atoms with Gasteiger partial charge in [-0.1, -0.05) is 35.5 Å². The highest BCUT2D eigenvalue weighted by molar-refractivity contribution is 8.00. The van der Waals surface area contributed by atoms with Crippen LogP contribution in [0.25, 0.3) is 5.69 Å². The first-order valence-electron chi connectivity index (χ1n) is 10.3. The normalized spacial score (nSPS) is 14.8. The number of nitrogens with zero attached hydrogens (tertiary/aromatic N) is 6. The number of amides is 1. The number of hydrogen-bond acceptors (Lipinski definition) is 6. The Bertz CT molecular complexity index is 1100. The minimum atomic E-state index is -0.393. The number of hydrogen-bond donors (Lipinski definition) is 1. The van der Waals surface area contributed by atoms with Crippen LogP contribution in [-0.2, 0) is 11.8 Å². The smallest absolute Gasteiger partial charge is 0.237 e. The number of rotatable bonds is 6. The van der Waals surface area contributed by atoms with Crippen molar-refractivity contribution in [2.45, 2.75) is 44.0 Å². The minimum Gasteiger partial charge on any atom is -0.341 e. The molecule has 0 bridgehead atoms. The largest absolute Gasteiger partial charge is 0.341 e. The number of anilines is 2.